The highest BCUT2D eigenvalue weighted by molar-refractivity contribution is 5.93. The molecule has 1 aromatic carbocycles. The van der Waals surface area contributed by atoms with Crippen LogP contribution >= 0.6 is 0 Å². The largest absolute Gasteiger partial charge is 0.368 e. The predicted octanol–water partition coefficient (Wildman–Crippen LogP) is -0.708. The van der Waals surface area contributed by atoms with Crippen LogP contribution in [0.3, 0.4) is 0 Å². The molecule has 0 fully saturated rings. The zero-order chi connectivity index (χ0) is 12.0. The van der Waals surface area contributed by atoms with E-state index >= 15 is 0 Å². The fourth-order valence-electron chi connectivity index (χ4n) is 1.02. The van der Waals surface area contributed by atoms with E-state index in [9.17, 15) is 9.59 Å². The monoisotopic (exact) mass is 223 g/mol. The second-order valence-electron chi connectivity index (χ2n) is 3.09. The van der Waals surface area contributed by atoms with Crippen molar-refractivity contribution in [3.05, 3.63) is 35.4 Å². The number of carbonyl (C=O) groups excluding carboxylic acids is 2. The van der Waals surface area contributed by atoms with Crippen molar-refractivity contribution in [2.75, 3.05) is 6.61 Å². The van der Waals surface area contributed by atoms with Crippen molar-refractivity contribution >= 4 is 11.8 Å². The summed E-state index contributed by atoms with van der Waals surface area (Å²) in [5, 5.41) is 0. The number of primary amides is 1. The van der Waals surface area contributed by atoms with Gasteiger partial charge in [0, 0.05) is 12.1 Å². The molecule has 0 saturated carbocycles. The topological polar surface area (TPSA) is 107 Å². The van der Waals surface area contributed by atoms with E-state index in [0.29, 0.717) is 12.1 Å². The maximum Gasteiger partial charge on any atom is 0.274 e. The van der Waals surface area contributed by atoms with Crippen LogP contribution in [-0.4, -0.2) is 18.4 Å². The van der Waals surface area contributed by atoms with Crippen LogP contribution in [0.25, 0.3) is 0 Å². The van der Waals surface area contributed by atoms with Crippen molar-refractivity contribution in [1.82, 2.24) is 5.48 Å². The molecular weight excluding hydrogens is 210 g/mol. The number of rotatable bonds is 5. The van der Waals surface area contributed by atoms with E-state index in [2.05, 4.69) is 10.3 Å². The van der Waals surface area contributed by atoms with Crippen LogP contribution < -0.4 is 16.9 Å². The van der Waals surface area contributed by atoms with Crippen LogP contribution in [0.4, 0.5) is 0 Å². The molecule has 0 aliphatic heterocycles. The van der Waals surface area contributed by atoms with Gasteiger partial charge in [-0.05, 0) is 17.7 Å². The third kappa shape index (κ3) is 3.68. The molecule has 0 atom stereocenters. The molecule has 16 heavy (non-hydrogen) atoms. The highest BCUT2D eigenvalue weighted by atomic mass is 16.7. The molecule has 0 aromatic heterocycles. The molecule has 0 unspecified atom stereocenters. The molecule has 0 radical (unpaired) electrons. The summed E-state index contributed by atoms with van der Waals surface area (Å²) in [6.45, 7) is 0.0622. The minimum Gasteiger partial charge on any atom is -0.368 e. The van der Waals surface area contributed by atoms with Crippen LogP contribution in [0.2, 0.25) is 0 Å². The maximum absolute atomic E-state index is 11.4. The average molecular weight is 223 g/mol. The van der Waals surface area contributed by atoms with E-state index in [-0.39, 0.29) is 6.61 Å². The molecular formula is C10H13N3O3. The Morgan fingerprint density at radius 3 is 2.38 bits per heavy atom. The lowest BCUT2D eigenvalue weighted by Crippen LogP contribution is -2.29. The molecule has 86 valence electrons. The third-order valence-corrected chi connectivity index (χ3v) is 1.83. The Morgan fingerprint density at radius 2 is 1.88 bits per heavy atom. The third-order valence-electron chi connectivity index (χ3n) is 1.83. The maximum atomic E-state index is 11.4. The molecule has 0 aliphatic rings. The number of amides is 2. The number of nitrogens with two attached hydrogens (primary N) is 2. The predicted molar refractivity (Wildman–Crippen MR) is 56.9 cm³/mol. The molecule has 0 saturated heterocycles. The van der Waals surface area contributed by atoms with E-state index in [0.717, 1.165) is 5.56 Å². The lowest BCUT2D eigenvalue weighted by Gasteiger charge is -2.04. The van der Waals surface area contributed by atoms with Crippen molar-refractivity contribution < 1.29 is 14.4 Å². The highest BCUT2D eigenvalue weighted by Crippen LogP contribution is 2.03. The zero-order valence-corrected chi connectivity index (χ0v) is 8.60. The standard InChI is InChI=1S/C10H13N3O3/c11-5-7-1-3-8(4-2-7)10(15)13-16-6-9(12)14/h1-4H,5-6,11H2,(H2,12,14)(H,13,15). The van der Waals surface area contributed by atoms with Gasteiger partial charge in [-0.15, -0.1) is 0 Å². The van der Waals surface area contributed by atoms with Crippen molar-refractivity contribution in [2.24, 2.45) is 11.5 Å². The number of hydrogen-bond donors (Lipinski definition) is 3. The van der Waals surface area contributed by atoms with E-state index in [1.807, 2.05) is 0 Å². The second kappa shape index (κ2) is 5.84. The molecule has 2 amide bonds. The van der Waals surface area contributed by atoms with Gasteiger partial charge in [0.1, 0.15) is 0 Å². The SMILES string of the molecule is NCc1ccc(C(=O)NOCC(N)=O)cc1. The summed E-state index contributed by atoms with van der Waals surface area (Å²) in [6, 6.07) is 6.71. The highest BCUT2D eigenvalue weighted by Gasteiger charge is 2.05. The van der Waals surface area contributed by atoms with Gasteiger partial charge in [-0.1, -0.05) is 12.1 Å². The van der Waals surface area contributed by atoms with Gasteiger partial charge in [-0.2, -0.15) is 0 Å². The van der Waals surface area contributed by atoms with Gasteiger partial charge in [0.2, 0.25) is 5.91 Å². The van der Waals surface area contributed by atoms with E-state index in [1.165, 1.54) is 0 Å². The molecule has 6 nitrogen and oxygen atoms in total. The van der Waals surface area contributed by atoms with Gasteiger partial charge < -0.3 is 11.5 Å². The lowest BCUT2D eigenvalue weighted by molar-refractivity contribution is -0.124. The Morgan fingerprint density at radius 1 is 1.25 bits per heavy atom. The first-order valence-corrected chi connectivity index (χ1v) is 4.63. The van der Waals surface area contributed by atoms with Crippen LogP contribution in [0.5, 0.6) is 0 Å². The molecule has 0 bridgehead atoms. The van der Waals surface area contributed by atoms with Gasteiger partial charge >= 0.3 is 0 Å². The van der Waals surface area contributed by atoms with Crippen molar-refractivity contribution in [1.29, 1.82) is 0 Å². The first kappa shape index (κ1) is 12.2. The van der Waals surface area contributed by atoms with E-state index < -0.39 is 11.8 Å². The van der Waals surface area contributed by atoms with Crippen LogP contribution in [-0.2, 0) is 16.2 Å². The van der Waals surface area contributed by atoms with Crippen LogP contribution in [0, 0.1) is 0 Å². The van der Waals surface area contributed by atoms with Gasteiger partial charge in [0.25, 0.3) is 5.91 Å². The van der Waals surface area contributed by atoms with Gasteiger partial charge in [0.15, 0.2) is 6.61 Å². The van der Waals surface area contributed by atoms with E-state index in [1.54, 1.807) is 24.3 Å². The van der Waals surface area contributed by atoms with E-state index in [4.69, 9.17) is 11.5 Å². The number of hydrogen-bond acceptors (Lipinski definition) is 4. The molecule has 6 heteroatoms. The summed E-state index contributed by atoms with van der Waals surface area (Å²) < 4.78 is 0. The molecule has 1 rings (SSSR count). The van der Waals surface area contributed by atoms with Gasteiger partial charge in [-0.3, -0.25) is 14.4 Å². The summed E-state index contributed by atoms with van der Waals surface area (Å²) in [5.74, 6) is -1.09. The number of hydroxylamine groups is 1. The van der Waals surface area contributed by atoms with Gasteiger partial charge in [-0.25, -0.2) is 5.48 Å². The average Bonchev–Trinajstić information content (AvgIpc) is 2.28. The molecule has 0 aliphatic carbocycles. The quantitative estimate of drug-likeness (QED) is 0.573. The Balaban J connectivity index is 2.49. The minimum absolute atomic E-state index is 0.355. The summed E-state index contributed by atoms with van der Waals surface area (Å²) in [7, 11) is 0. The summed E-state index contributed by atoms with van der Waals surface area (Å²) in [5.41, 5.74) is 13.7. The summed E-state index contributed by atoms with van der Waals surface area (Å²) in [4.78, 5) is 26.3. The Labute approximate surface area is 92.5 Å². The Bertz CT molecular complexity index is 375. The van der Waals surface area contributed by atoms with Crippen molar-refractivity contribution in [3.63, 3.8) is 0 Å². The van der Waals surface area contributed by atoms with Crippen LogP contribution in [0.15, 0.2) is 24.3 Å². The first-order valence-electron chi connectivity index (χ1n) is 4.63. The number of carbonyl (C=O) groups is 2. The number of benzene rings is 1. The van der Waals surface area contributed by atoms with Gasteiger partial charge in [0.05, 0.1) is 0 Å². The van der Waals surface area contributed by atoms with Crippen molar-refractivity contribution in [3.8, 4) is 0 Å². The van der Waals surface area contributed by atoms with Crippen LogP contribution in [0.1, 0.15) is 15.9 Å². The smallest absolute Gasteiger partial charge is 0.274 e. The minimum atomic E-state index is -0.654. The summed E-state index contributed by atoms with van der Waals surface area (Å²) >= 11 is 0. The summed E-state index contributed by atoms with van der Waals surface area (Å²) in [6.07, 6.45) is 0. The fraction of sp³-hybridized carbons (Fsp3) is 0.200. The Kier molecular flexibility index (Phi) is 4.43. The molecule has 1 aromatic rings. The second-order valence-corrected chi connectivity index (χ2v) is 3.09. The zero-order valence-electron chi connectivity index (χ0n) is 8.60. The molecule has 0 heterocycles. The molecule has 0 spiro atoms. The van der Waals surface area contributed by atoms with Crippen molar-refractivity contribution in [2.45, 2.75) is 6.54 Å². The normalized spacial score (nSPS) is 9.81. The first-order chi connectivity index (χ1) is 7.63. The Hall–Kier alpha value is -1.92. The molecule has 5 N–H and O–H groups in total. The lowest BCUT2D eigenvalue weighted by atomic mass is 10.1. The fourth-order valence-corrected chi connectivity index (χ4v) is 1.02. The number of nitrogens with one attached hydrogen (secondary N) is 1.